The zero-order chi connectivity index (χ0) is 9.97. The van der Waals surface area contributed by atoms with E-state index in [1.807, 2.05) is 19.1 Å². The first-order chi connectivity index (χ1) is 6.79. The van der Waals surface area contributed by atoms with Crippen molar-refractivity contribution in [1.82, 2.24) is 0 Å². The van der Waals surface area contributed by atoms with Gasteiger partial charge in [-0.05, 0) is 24.1 Å². The zero-order valence-corrected chi connectivity index (χ0v) is 8.22. The molecule has 0 atom stereocenters. The SMILES string of the molecule is CCc1ccc(NC2COC2)cc1F. The van der Waals surface area contributed by atoms with Crippen molar-refractivity contribution in [2.45, 2.75) is 19.4 Å². The van der Waals surface area contributed by atoms with Gasteiger partial charge in [-0.1, -0.05) is 13.0 Å². The molecule has 1 N–H and O–H groups in total. The summed E-state index contributed by atoms with van der Waals surface area (Å²) in [6.45, 7) is 3.39. The highest BCUT2D eigenvalue weighted by molar-refractivity contribution is 5.46. The molecule has 0 unspecified atom stereocenters. The van der Waals surface area contributed by atoms with Crippen LogP contribution in [0.25, 0.3) is 0 Å². The number of nitrogens with one attached hydrogen (secondary N) is 1. The predicted octanol–water partition coefficient (Wildman–Crippen LogP) is 2.20. The quantitative estimate of drug-likeness (QED) is 0.798. The highest BCUT2D eigenvalue weighted by atomic mass is 19.1. The maximum Gasteiger partial charge on any atom is 0.128 e. The highest BCUT2D eigenvalue weighted by Crippen LogP contribution is 2.17. The second-order valence-corrected chi connectivity index (χ2v) is 3.54. The molecule has 2 nitrogen and oxygen atoms in total. The van der Waals surface area contributed by atoms with Crippen LogP contribution in [0.4, 0.5) is 10.1 Å². The Hall–Kier alpha value is -1.09. The minimum atomic E-state index is -0.127. The van der Waals surface area contributed by atoms with Crippen molar-refractivity contribution in [2.24, 2.45) is 0 Å². The molecular weight excluding hydrogens is 181 g/mol. The molecular formula is C11H14FNO. The fourth-order valence-corrected chi connectivity index (χ4v) is 1.48. The number of anilines is 1. The van der Waals surface area contributed by atoms with Crippen LogP contribution >= 0.6 is 0 Å². The second-order valence-electron chi connectivity index (χ2n) is 3.54. The standard InChI is InChI=1S/C11H14FNO/c1-2-8-3-4-9(5-11(8)12)13-10-6-14-7-10/h3-5,10,13H,2,6-7H2,1H3. The van der Waals surface area contributed by atoms with E-state index < -0.39 is 0 Å². The molecule has 0 aliphatic carbocycles. The lowest BCUT2D eigenvalue weighted by Crippen LogP contribution is -2.40. The van der Waals surface area contributed by atoms with Crippen molar-refractivity contribution in [2.75, 3.05) is 18.5 Å². The van der Waals surface area contributed by atoms with Crippen molar-refractivity contribution >= 4 is 5.69 Å². The van der Waals surface area contributed by atoms with Crippen LogP contribution < -0.4 is 5.32 Å². The van der Waals surface area contributed by atoms with E-state index in [2.05, 4.69) is 5.32 Å². The first-order valence-electron chi connectivity index (χ1n) is 4.92. The number of ether oxygens (including phenoxy) is 1. The Labute approximate surface area is 83.1 Å². The van der Waals surface area contributed by atoms with Gasteiger partial charge < -0.3 is 10.1 Å². The Morgan fingerprint density at radius 1 is 1.50 bits per heavy atom. The molecule has 1 fully saturated rings. The maximum atomic E-state index is 13.4. The molecule has 0 spiro atoms. The number of halogens is 1. The van der Waals surface area contributed by atoms with Crippen molar-refractivity contribution in [3.63, 3.8) is 0 Å². The third-order valence-corrected chi connectivity index (χ3v) is 2.44. The summed E-state index contributed by atoms with van der Waals surface area (Å²) in [5.74, 6) is -0.127. The summed E-state index contributed by atoms with van der Waals surface area (Å²) < 4.78 is 18.4. The van der Waals surface area contributed by atoms with Gasteiger partial charge in [0.15, 0.2) is 0 Å². The summed E-state index contributed by atoms with van der Waals surface area (Å²) in [5.41, 5.74) is 1.61. The lowest BCUT2D eigenvalue weighted by molar-refractivity contribution is 0.0211. The van der Waals surface area contributed by atoms with E-state index in [-0.39, 0.29) is 5.82 Å². The zero-order valence-electron chi connectivity index (χ0n) is 8.22. The van der Waals surface area contributed by atoms with Gasteiger partial charge in [0.1, 0.15) is 5.82 Å². The highest BCUT2D eigenvalue weighted by Gasteiger charge is 2.17. The van der Waals surface area contributed by atoms with E-state index in [1.165, 1.54) is 0 Å². The monoisotopic (exact) mass is 195 g/mol. The smallest absolute Gasteiger partial charge is 0.128 e. The number of rotatable bonds is 3. The third kappa shape index (κ3) is 1.87. The number of aryl methyl sites for hydroxylation is 1. The average Bonchev–Trinajstić information content (AvgIpc) is 2.12. The van der Waals surface area contributed by atoms with E-state index in [4.69, 9.17) is 4.74 Å². The van der Waals surface area contributed by atoms with E-state index in [1.54, 1.807) is 6.07 Å². The number of hydrogen-bond donors (Lipinski definition) is 1. The average molecular weight is 195 g/mol. The molecule has 2 rings (SSSR count). The normalized spacial score (nSPS) is 16.4. The summed E-state index contributed by atoms with van der Waals surface area (Å²) in [7, 11) is 0. The molecule has 0 saturated carbocycles. The molecule has 0 amide bonds. The van der Waals surface area contributed by atoms with Crippen molar-refractivity contribution in [1.29, 1.82) is 0 Å². The van der Waals surface area contributed by atoms with Crippen LogP contribution in [0.1, 0.15) is 12.5 Å². The minimum absolute atomic E-state index is 0.127. The van der Waals surface area contributed by atoms with Crippen LogP contribution in [0.3, 0.4) is 0 Å². The summed E-state index contributed by atoms with van der Waals surface area (Å²) in [4.78, 5) is 0. The predicted molar refractivity (Wildman–Crippen MR) is 54.0 cm³/mol. The lowest BCUT2D eigenvalue weighted by atomic mass is 10.1. The summed E-state index contributed by atoms with van der Waals surface area (Å²) in [5, 5.41) is 3.21. The molecule has 1 aromatic carbocycles. The van der Waals surface area contributed by atoms with Crippen LogP contribution in [-0.2, 0) is 11.2 Å². The molecule has 0 radical (unpaired) electrons. The van der Waals surface area contributed by atoms with Crippen molar-refractivity contribution < 1.29 is 9.13 Å². The molecule has 0 bridgehead atoms. The van der Waals surface area contributed by atoms with Gasteiger partial charge in [0.05, 0.1) is 19.3 Å². The molecule has 3 heteroatoms. The van der Waals surface area contributed by atoms with Gasteiger partial charge in [-0.15, -0.1) is 0 Å². The molecule has 1 aliphatic rings. The lowest BCUT2D eigenvalue weighted by Gasteiger charge is -2.27. The summed E-state index contributed by atoms with van der Waals surface area (Å²) in [6.07, 6.45) is 0.735. The van der Waals surface area contributed by atoms with Gasteiger partial charge in [-0.2, -0.15) is 0 Å². The molecule has 1 heterocycles. The first-order valence-corrected chi connectivity index (χ1v) is 4.92. The van der Waals surface area contributed by atoms with E-state index in [0.717, 1.165) is 30.9 Å². The molecule has 0 aromatic heterocycles. The number of hydrogen-bond acceptors (Lipinski definition) is 2. The summed E-state index contributed by atoms with van der Waals surface area (Å²) >= 11 is 0. The van der Waals surface area contributed by atoms with Gasteiger partial charge in [0.2, 0.25) is 0 Å². The van der Waals surface area contributed by atoms with E-state index in [9.17, 15) is 4.39 Å². The Morgan fingerprint density at radius 3 is 2.79 bits per heavy atom. The van der Waals surface area contributed by atoms with Gasteiger partial charge in [0, 0.05) is 5.69 Å². The fraction of sp³-hybridized carbons (Fsp3) is 0.455. The van der Waals surface area contributed by atoms with Crippen LogP contribution in [0, 0.1) is 5.82 Å². The van der Waals surface area contributed by atoms with Crippen LogP contribution in [0.15, 0.2) is 18.2 Å². The molecule has 1 aromatic rings. The largest absolute Gasteiger partial charge is 0.378 e. The molecule has 1 aliphatic heterocycles. The first kappa shape index (κ1) is 9.46. The summed E-state index contributed by atoms with van der Waals surface area (Å²) in [6, 6.07) is 5.65. The fourth-order valence-electron chi connectivity index (χ4n) is 1.48. The molecule has 1 saturated heterocycles. The third-order valence-electron chi connectivity index (χ3n) is 2.44. The van der Waals surface area contributed by atoms with Crippen molar-refractivity contribution in [3.05, 3.63) is 29.6 Å². The Morgan fingerprint density at radius 2 is 2.29 bits per heavy atom. The van der Waals surface area contributed by atoms with Gasteiger partial charge in [-0.25, -0.2) is 4.39 Å². The van der Waals surface area contributed by atoms with Crippen molar-refractivity contribution in [3.8, 4) is 0 Å². The minimum Gasteiger partial charge on any atom is -0.378 e. The van der Waals surface area contributed by atoms with Crippen LogP contribution in [-0.4, -0.2) is 19.3 Å². The van der Waals surface area contributed by atoms with Gasteiger partial charge in [-0.3, -0.25) is 0 Å². The maximum absolute atomic E-state index is 13.4. The molecule has 14 heavy (non-hydrogen) atoms. The Bertz CT molecular complexity index is 323. The molecule has 76 valence electrons. The Kier molecular flexibility index (Phi) is 2.68. The van der Waals surface area contributed by atoms with Gasteiger partial charge in [0.25, 0.3) is 0 Å². The Balaban J connectivity index is 2.07. The van der Waals surface area contributed by atoms with E-state index in [0.29, 0.717) is 6.04 Å². The van der Waals surface area contributed by atoms with Crippen LogP contribution in [0.2, 0.25) is 0 Å². The van der Waals surface area contributed by atoms with Gasteiger partial charge >= 0.3 is 0 Å². The second kappa shape index (κ2) is 3.96. The van der Waals surface area contributed by atoms with Crippen LogP contribution in [0.5, 0.6) is 0 Å². The topological polar surface area (TPSA) is 21.3 Å². The van der Waals surface area contributed by atoms with E-state index >= 15 is 0 Å². The number of benzene rings is 1.